The fourth-order valence-electron chi connectivity index (χ4n) is 1.85. The zero-order valence-corrected chi connectivity index (χ0v) is 11.4. The van der Waals surface area contributed by atoms with Crippen LogP contribution in [-0.4, -0.2) is 12.5 Å². The van der Waals surface area contributed by atoms with Gasteiger partial charge in [0.15, 0.2) is 11.6 Å². The molecule has 4 nitrogen and oxygen atoms in total. The van der Waals surface area contributed by atoms with Crippen LogP contribution in [0.2, 0.25) is 0 Å². The summed E-state index contributed by atoms with van der Waals surface area (Å²) in [5, 5.41) is 5.55. The van der Waals surface area contributed by atoms with Gasteiger partial charge in [-0.1, -0.05) is 0 Å². The molecule has 110 valence electrons. The van der Waals surface area contributed by atoms with Gasteiger partial charge in [-0.25, -0.2) is 8.78 Å². The third kappa shape index (κ3) is 3.47. The largest absolute Gasteiger partial charge is 0.399 e. The first-order chi connectivity index (χ1) is 10.0. The van der Waals surface area contributed by atoms with Crippen molar-refractivity contribution in [3.05, 3.63) is 53.6 Å². The van der Waals surface area contributed by atoms with Crippen molar-refractivity contribution in [2.24, 2.45) is 0 Å². The van der Waals surface area contributed by atoms with E-state index in [1.165, 1.54) is 6.07 Å². The summed E-state index contributed by atoms with van der Waals surface area (Å²) in [4.78, 5) is 12.0. The molecule has 0 heterocycles. The van der Waals surface area contributed by atoms with Crippen LogP contribution in [0.4, 0.5) is 25.8 Å². The Balaban J connectivity index is 2.35. The summed E-state index contributed by atoms with van der Waals surface area (Å²) in [7, 11) is 0. The van der Waals surface area contributed by atoms with Crippen molar-refractivity contribution in [1.82, 2.24) is 5.32 Å². The molecule has 0 aliphatic carbocycles. The number of carbonyl (C=O) groups is 1. The zero-order chi connectivity index (χ0) is 15.4. The highest BCUT2D eigenvalue weighted by Gasteiger charge is 2.12. The fourth-order valence-corrected chi connectivity index (χ4v) is 1.85. The van der Waals surface area contributed by atoms with Crippen LogP contribution in [0.3, 0.4) is 0 Å². The third-order valence-corrected chi connectivity index (χ3v) is 2.82. The number of carbonyl (C=O) groups excluding carboxylic acids is 1. The lowest BCUT2D eigenvalue weighted by molar-refractivity contribution is 0.0956. The van der Waals surface area contributed by atoms with Crippen LogP contribution in [0.1, 0.15) is 17.3 Å². The summed E-state index contributed by atoms with van der Waals surface area (Å²) in [6.45, 7) is 2.28. The quantitative estimate of drug-likeness (QED) is 0.758. The van der Waals surface area contributed by atoms with Crippen LogP contribution in [0.15, 0.2) is 36.4 Å². The van der Waals surface area contributed by atoms with Crippen LogP contribution in [0, 0.1) is 11.6 Å². The molecular weight excluding hydrogens is 276 g/mol. The Kier molecular flexibility index (Phi) is 4.37. The summed E-state index contributed by atoms with van der Waals surface area (Å²) in [6, 6.07) is 8.13. The van der Waals surface area contributed by atoms with Crippen molar-refractivity contribution < 1.29 is 13.6 Å². The number of benzene rings is 2. The Hall–Kier alpha value is -2.63. The molecule has 0 aliphatic heterocycles. The van der Waals surface area contributed by atoms with E-state index in [2.05, 4.69) is 10.6 Å². The van der Waals surface area contributed by atoms with Gasteiger partial charge in [0.2, 0.25) is 0 Å². The minimum atomic E-state index is -0.969. The van der Waals surface area contributed by atoms with Gasteiger partial charge in [0.25, 0.3) is 5.91 Å². The van der Waals surface area contributed by atoms with Gasteiger partial charge in [-0.2, -0.15) is 0 Å². The predicted molar refractivity (Wildman–Crippen MR) is 78.5 cm³/mol. The Morgan fingerprint density at radius 1 is 1.14 bits per heavy atom. The monoisotopic (exact) mass is 291 g/mol. The number of nitrogen functional groups attached to an aromatic ring is 1. The molecule has 0 aliphatic rings. The minimum Gasteiger partial charge on any atom is -0.399 e. The number of halogens is 2. The zero-order valence-electron chi connectivity index (χ0n) is 11.4. The van der Waals surface area contributed by atoms with Gasteiger partial charge in [-0.3, -0.25) is 4.79 Å². The van der Waals surface area contributed by atoms with Crippen molar-refractivity contribution in [2.75, 3.05) is 17.6 Å². The van der Waals surface area contributed by atoms with E-state index in [-0.39, 0.29) is 5.91 Å². The van der Waals surface area contributed by atoms with Gasteiger partial charge in [-0.05, 0) is 37.3 Å². The molecule has 2 aromatic rings. The molecular formula is C15H15F2N3O. The van der Waals surface area contributed by atoms with Crippen LogP contribution >= 0.6 is 0 Å². The molecule has 0 aromatic heterocycles. The van der Waals surface area contributed by atoms with E-state index < -0.39 is 11.6 Å². The van der Waals surface area contributed by atoms with Crippen LogP contribution < -0.4 is 16.4 Å². The molecule has 0 radical (unpaired) electrons. The number of nitrogens with one attached hydrogen (secondary N) is 2. The SMILES string of the molecule is CCNC(=O)c1ccc(N)cc1Nc1ccc(F)c(F)c1. The highest BCUT2D eigenvalue weighted by atomic mass is 19.2. The number of rotatable bonds is 4. The number of hydrogen-bond donors (Lipinski definition) is 3. The van der Waals surface area contributed by atoms with E-state index in [4.69, 9.17) is 5.73 Å². The van der Waals surface area contributed by atoms with Crippen LogP contribution in [-0.2, 0) is 0 Å². The molecule has 21 heavy (non-hydrogen) atoms. The average Bonchev–Trinajstić information content (AvgIpc) is 2.43. The van der Waals surface area contributed by atoms with E-state index in [9.17, 15) is 13.6 Å². The van der Waals surface area contributed by atoms with Gasteiger partial charge in [0.1, 0.15) is 0 Å². The lowest BCUT2D eigenvalue weighted by Gasteiger charge is -2.13. The first-order valence-electron chi connectivity index (χ1n) is 6.41. The van der Waals surface area contributed by atoms with Gasteiger partial charge in [0.05, 0.1) is 11.3 Å². The highest BCUT2D eigenvalue weighted by Crippen LogP contribution is 2.24. The van der Waals surface area contributed by atoms with Gasteiger partial charge in [-0.15, -0.1) is 0 Å². The minimum absolute atomic E-state index is 0.275. The fraction of sp³-hybridized carbons (Fsp3) is 0.133. The molecule has 4 N–H and O–H groups in total. The number of amides is 1. The van der Waals surface area contributed by atoms with Crippen LogP contribution in [0.5, 0.6) is 0 Å². The summed E-state index contributed by atoms with van der Waals surface area (Å²) in [6.07, 6.45) is 0. The molecule has 0 fully saturated rings. The predicted octanol–water partition coefficient (Wildman–Crippen LogP) is 3.04. The van der Waals surface area contributed by atoms with Crippen molar-refractivity contribution >= 4 is 23.0 Å². The molecule has 6 heteroatoms. The van der Waals surface area contributed by atoms with Crippen molar-refractivity contribution in [3.63, 3.8) is 0 Å². The topological polar surface area (TPSA) is 67.2 Å². The molecule has 2 aromatic carbocycles. The molecule has 0 bridgehead atoms. The highest BCUT2D eigenvalue weighted by molar-refractivity contribution is 6.00. The second kappa shape index (κ2) is 6.21. The number of nitrogens with two attached hydrogens (primary N) is 1. The lowest BCUT2D eigenvalue weighted by Crippen LogP contribution is -2.23. The van der Waals surface area contributed by atoms with Crippen molar-refractivity contribution in [1.29, 1.82) is 0 Å². The summed E-state index contributed by atoms with van der Waals surface area (Å²) in [5.41, 5.74) is 7.27. The van der Waals surface area contributed by atoms with E-state index in [1.54, 1.807) is 25.1 Å². The maximum absolute atomic E-state index is 13.2. The molecule has 0 saturated carbocycles. The van der Waals surface area contributed by atoms with Gasteiger partial charge in [0, 0.05) is 24.0 Å². The molecule has 2 rings (SSSR count). The second-order valence-electron chi connectivity index (χ2n) is 4.42. The second-order valence-corrected chi connectivity index (χ2v) is 4.42. The Bertz CT molecular complexity index is 674. The average molecular weight is 291 g/mol. The Morgan fingerprint density at radius 2 is 1.90 bits per heavy atom. The summed E-state index contributed by atoms with van der Waals surface area (Å²) >= 11 is 0. The number of anilines is 3. The summed E-state index contributed by atoms with van der Waals surface area (Å²) < 4.78 is 26.1. The summed E-state index contributed by atoms with van der Waals surface area (Å²) in [5.74, 6) is -2.18. The first kappa shape index (κ1) is 14.8. The first-order valence-corrected chi connectivity index (χ1v) is 6.41. The molecule has 0 saturated heterocycles. The maximum atomic E-state index is 13.2. The van der Waals surface area contributed by atoms with E-state index in [0.717, 1.165) is 12.1 Å². The van der Waals surface area contributed by atoms with Crippen LogP contribution in [0.25, 0.3) is 0 Å². The molecule has 0 spiro atoms. The van der Waals surface area contributed by atoms with E-state index in [1.807, 2.05) is 0 Å². The standard InChI is InChI=1S/C15H15F2N3O/c1-2-19-15(21)11-5-3-9(18)7-14(11)20-10-4-6-12(16)13(17)8-10/h3-8,20H,2,18H2,1H3,(H,19,21). The van der Waals surface area contributed by atoms with Gasteiger partial charge >= 0.3 is 0 Å². The van der Waals surface area contributed by atoms with E-state index in [0.29, 0.717) is 29.2 Å². The van der Waals surface area contributed by atoms with Crippen molar-refractivity contribution in [2.45, 2.75) is 6.92 Å². The third-order valence-electron chi connectivity index (χ3n) is 2.82. The number of hydrogen-bond acceptors (Lipinski definition) is 3. The van der Waals surface area contributed by atoms with E-state index >= 15 is 0 Å². The molecule has 1 amide bonds. The lowest BCUT2D eigenvalue weighted by atomic mass is 10.1. The molecule has 0 unspecified atom stereocenters. The normalized spacial score (nSPS) is 10.2. The Morgan fingerprint density at radius 3 is 2.57 bits per heavy atom. The maximum Gasteiger partial charge on any atom is 0.253 e. The Labute approximate surface area is 121 Å². The molecule has 0 atom stereocenters. The smallest absolute Gasteiger partial charge is 0.253 e. The van der Waals surface area contributed by atoms with Gasteiger partial charge < -0.3 is 16.4 Å². The van der Waals surface area contributed by atoms with Crippen molar-refractivity contribution in [3.8, 4) is 0 Å².